The molecule has 0 saturated carbocycles. The first-order chi connectivity index (χ1) is 14.2. The fraction of sp³-hybridized carbons (Fsp3) is 0.417. The van der Waals surface area contributed by atoms with Crippen molar-refractivity contribution in [3.05, 3.63) is 65.7 Å². The summed E-state index contributed by atoms with van der Waals surface area (Å²) >= 11 is 0. The highest BCUT2D eigenvalue weighted by atomic mass is 16.2. The molecule has 2 aliphatic rings. The summed E-state index contributed by atoms with van der Waals surface area (Å²) in [4.78, 5) is 30.2. The number of nitrogens with one attached hydrogen (secondary N) is 1. The second-order valence-electron chi connectivity index (χ2n) is 8.05. The largest absolute Gasteiger partial charge is 0.327 e. The SMILES string of the molecule is O=C(Nc1cccc(CN2CCCC2)c1)C1CCCCN1C(=O)c1ccccc1. The highest BCUT2D eigenvalue weighted by Crippen LogP contribution is 2.22. The summed E-state index contributed by atoms with van der Waals surface area (Å²) in [6, 6.07) is 16.9. The van der Waals surface area contributed by atoms with Gasteiger partial charge in [-0.15, -0.1) is 0 Å². The number of rotatable bonds is 5. The van der Waals surface area contributed by atoms with Crippen molar-refractivity contribution in [1.29, 1.82) is 0 Å². The van der Waals surface area contributed by atoms with Crippen molar-refractivity contribution in [2.45, 2.75) is 44.7 Å². The standard InChI is InChI=1S/C24H29N3O2/c28-23(25-21-12-8-9-19(17-21)18-26-14-6-7-15-26)22-13-4-5-16-27(22)24(29)20-10-2-1-3-11-20/h1-3,8-12,17,22H,4-7,13-16,18H2,(H,25,28). The van der Waals surface area contributed by atoms with Crippen molar-refractivity contribution in [2.75, 3.05) is 25.0 Å². The fourth-order valence-electron chi connectivity index (χ4n) is 4.37. The Morgan fingerprint density at radius 1 is 0.897 bits per heavy atom. The predicted molar refractivity (Wildman–Crippen MR) is 115 cm³/mol. The van der Waals surface area contributed by atoms with Gasteiger partial charge in [0, 0.05) is 24.3 Å². The van der Waals surface area contributed by atoms with Gasteiger partial charge >= 0.3 is 0 Å². The molecule has 0 radical (unpaired) electrons. The number of amides is 2. The van der Waals surface area contributed by atoms with Gasteiger partial charge in [-0.25, -0.2) is 0 Å². The average molecular weight is 392 g/mol. The summed E-state index contributed by atoms with van der Waals surface area (Å²) in [6.07, 6.45) is 5.14. The fourth-order valence-corrected chi connectivity index (χ4v) is 4.37. The molecule has 2 amide bonds. The lowest BCUT2D eigenvalue weighted by Crippen LogP contribution is -2.50. The molecule has 1 atom stereocenters. The molecule has 2 heterocycles. The molecule has 2 aromatic carbocycles. The van der Waals surface area contributed by atoms with Crippen LogP contribution >= 0.6 is 0 Å². The highest BCUT2D eigenvalue weighted by Gasteiger charge is 2.32. The quantitative estimate of drug-likeness (QED) is 0.841. The van der Waals surface area contributed by atoms with E-state index in [1.54, 1.807) is 4.90 Å². The second-order valence-corrected chi connectivity index (χ2v) is 8.05. The number of carbonyl (C=O) groups excluding carboxylic acids is 2. The normalized spacial score (nSPS) is 19.9. The van der Waals surface area contributed by atoms with Gasteiger partial charge in [0.1, 0.15) is 6.04 Å². The monoisotopic (exact) mass is 391 g/mol. The Balaban J connectivity index is 1.44. The molecule has 2 aromatic rings. The van der Waals surface area contributed by atoms with E-state index in [0.29, 0.717) is 18.5 Å². The van der Waals surface area contributed by atoms with Gasteiger partial charge in [0.15, 0.2) is 0 Å². The maximum atomic E-state index is 13.1. The molecule has 0 spiro atoms. The first-order valence-electron chi connectivity index (χ1n) is 10.7. The molecule has 0 aromatic heterocycles. The second kappa shape index (κ2) is 9.23. The van der Waals surface area contributed by atoms with E-state index in [2.05, 4.69) is 22.3 Å². The van der Waals surface area contributed by atoms with E-state index in [9.17, 15) is 9.59 Å². The minimum absolute atomic E-state index is 0.0618. The molecule has 29 heavy (non-hydrogen) atoms. The minimum Gasteiger partial charge on any atom is -0.327 e. The van der Waals surface area contributed by atoms with Crippen molar-refractivity contribution in [3.63, 3.8) is 0 Å². The van der Waals surface area contributed by atoms with Crippen LogP contribution < -0.4 is 5.32 Å². The number of hydrogen-bond donors (Lipinski definition) is 1. The number of piperidine rings is 1. The zero-order valence-electron chi connectivity index (χ0n) is 16.8. The summed E-state index contributed by atoms with van der Waals surface area (Å²) < 4.78 is 0. The molecular formula is C24H29N3O2. The maximum Gasteiger partial charge on any atom is 0.254 e. The van der Waals surface area contributed by atoms with E-state index in [4.69, 9.17) is 0 Å². The molecule has 1 N–H and O–H groups in total. The summed E-state index contributed by atoms with van der Waals surface area (Å²) in [5, 5.41) is 3.06. The van der Waals surface area contributed by atoms with Crippen LogP contribution in [0.4, 0.5) is 5.69 Å². The van der Waals surface area contributed by atoms with Crippen LogP contribution in [-0.4, -0.2) is 47.3 Å². The van der Waals surface area contributed by atoms with Crippen LogP contribution in [0.15, 0.2) is 54.6 Å². The number of likely N-dealkylation sites (tertiary alicyclic amines) is 2. The van der Waals surface area contributed by atoms with Gasteiger partial charge in [-0.05, 0) is 75.0 Å². The number of carbonyl (C=O) groups is 2. The first-order valence-corrected chi connectivity index (χ1v) is 10.7. The van der Waals surface area contributed by atoms with Gasteiger partial charge in [0.2, 0.25) is 5.91 Å². The van der Waals surface area contributed by atoms with E-state index >= 15 is 0 Å². The number of benzene rings is 2. The molecular weight excluding hydrogens is 362 g/mol. The van der Waals surface area contributed by atoms with Crippen molar-refractivity contribution in [1.82, 2.24) is 9.80 Å². The maximum absolute atomic E-state index is 13.1. The molecule has 2 fully saturated rings. The lowest BCUT2D eigenvalue weighted by Gasteiger charge is -2.34. The van der Waals surface area contributed by atoms with E-state index in [-0.39, 0.29) is 11.8 Å². The summed E-state index contributed by atoms with van der Waals surface area (Å²) in [5.74, 6) is -0.152. The van der Waals surface area contributed by atoms with Crippen LogP contribution in [0.3, 0.4) is 0 Å². The zero-order chi connectivity index (χ0) is 20.1. The van der Waals surface area contributed by atoms with Crippen LogP contribution in [0.5, 0.6) is 0 Å². The zero-order valence-corrected chi connectivity index (χ0v) is 16.8. The average Bonchev–Trinajstić information content (AvgIpc) is 3.27. The Labute approximate surface area is 172 Å². The molecule has 2 saturated heterocycles. The molecule has 152 valence electrons. The van der Waals surface area contributed by atoms with Gasteiger partial charge < -0.3 is 10.2 Å². The van der Waals surface area contributed by atoms with Gasteiger partial charge in [-0.2, -0.15) is 0 Å². The highest BCUT2D eigenvalue weighted by molar-refractivity contribution is 6.01. The predicted octanol–water partition coefficient (Wildman–Crippen LogP) is 3.92. The lowest BCUT2D eigenvalue weighted by atomic mass is 9.99. The van der Waals surface area contributed by atoms with Gasteiger partial charge in [-0.3, -0.25) is 14.5 Å². The molecule has 1 unspecified atom stereocenters. The third kappa shape index (κ3) is 4.85. The van der Waals surface area contributed by atoms with Crippen LogP contribution in [0, 0.1) is 0 Å². The Morgan fingerprint density at radius 3 is 2.45 bits per heavy atom. The van der Waals surface area contributed by atoms with Crippen molar-refractivity contribution < 1.29 is 9.59 Å². The Bertz CT molecular complexity index is 846. The smallest absolute Gasteiger partial charge is 0.254 e. The molecule has 5 nitrogen and oxygen atoms in total. The first kappa shape index (κ1) is 19.6. The Kier molecular flexibility index (Phi) is 6.25. The van der Waals surface area contributed by atoms with Gasteiger partial charge in [0.05, 0.1) is 0 Å². The van der Waals surface area contributed by atoms with Crippen LogP contribution in [0.2, 0.25) is 0 Å². The molecule has 5 heteroatoms. The lowest BCUT2D eigenvalue weighted by molar-refractivity contribution is -0.121. The summed E-state index contributed by atoms with van der Waals surface area (Å²) in [7, 11) is 0. The molecule has 2 aliphatic heterocycles. The van der Waals surface area contributed by atoms with Crippen LogP contribution in [-0.2, 0) is 11.3 Å². The Hall–Kier alpha value is -2.66. The van der Waals surface area contributed by atoms with Gasteiger partial charge in [0.25, 0.3) is 5.91 Å². The van der Waals surface area contributed by atoms with E-state index in [0.717, 1.165) is 38.2 Å². The van der Waals surface area contributed by atoms with Gasteiger partial charge in [-0.1, -0.05) is 30.3 Å². The summed E-state index contributed by atoms with van der Waals surface area (Å²) in [6.45, 7) is 3.84. The molecule has 0 bridgehead atoms. The van der Waals surface area contributed by atoms with Crippen LogP contribution in [0.25, 0.3) is 0 Å². The van der Waals surface area contributed by atoms with Crippen molar-refractivity contribution >= 4 is 17.5 Å². The molecule has 0 aliphatic carbocycles. The van der Waals surface area contributed by atoms with Crippen molar-refractivity contribution in [3.8, 4) is 0 Å². The number of anilines is 1. The third-order valence-electron chi connectivity index (χ3n) is 5.89. The third-order valence-corrected chi connectivity index (χ3v) is 5.89. The number of hydrogen-bond acceptors (Lipinski definition) is 3. The Morgan fingerprint density at radius 2 is 1.66 bits per heavy atom. The minimum atomic E-state index is -0.418. The van der Waals surface area contributed by atoms with E-state index in [1.165, 1.54) is 18.4 Å². The van der Waals surface area contributed by atoms with E-state index < -0.39 is 6.04 Å². The molecule has 4 rings (SSSR count). The summed E-state index contributed by atoms with van der Waals surface area (Å²) in [5.41, 5.74) is 2.66. The van der Waals surface area contributed by atoms with Crippen LogP contribution in [0.1, 0.15) is 48.0 Å². The van der Waals surface area contributed by atoms with Crippen molar-refractivity contribution in [2.24, 2.45) is 0 Å². The number of nitrogens with zero attached hydrogens (tertiary/aromatic N) is 2. The topological polar surface area (TPSA) is 52.7 Å². The van der Waals surface area contributed by atoms with E-state index in [1.807, 2.05) is 42.5 Å².